The molecule has 0 amide bonds. The van der Waals surface area contributed by atoms with E-state index in [4.69, 9.17) is 71.1 Å². The van der Waals surface area contributed by atoms with Crippen LogP contribution in [-0.4, -0.2) is 152 Å². The topological polar surface area (TPSA) is 287 Å². The largest absolute Gasteiger partial charge is 0.463 e. The van der Waals surface area contributed by atoms with Crippen LogP contribution in [0.15, 0.2) is 146 Å². The summed E-state index contributed by atoms with van der Waals surface area (Å²) in [6.07, 6.45) is -23.3. The highest BCUT2D eigenvalue weighted by Crippen LogP contribution is 2.39. The molecule has 15 atom stereocenters. The van der Waals surface area contributed by atoms with Crippen LogP contribution in [0, 0.1) is 10.1 Å². The van der Waals surface area contributed by atoms with Gasteiger partial charge in [0, 0.05) is 46.8 Å². The first-order valence-electron chi connectivity index (χ1n) is 27.7. The summed E-state index contributed by atoms with van der Waals surface area (Å²) in [6.45, 7) is 4.25. The zero-order chi connectivity index (χ0) is 61.1. The first-order valence-corrected chi connectivity index (χ1v) is 27.7. The summed E-state index contributed by atoms with van der Waals surface area (Å²) in [5.41, 5.74) is 2.96. The molecule has 0 aromatic heterocycles. The van der Waals surface area contributed by atoms with Crippen molar-refractivity contribution in [1.82, 2.24) is 0 Å². The molecule has 3 saturated heterocycles. The minimum absolute atomic E-state index is 0.0273. The molecule has 3 fully saturated rings. The van der Waals surface area contributed by atoms with E-state index in [-0.39, 0.29) is 44.5 Å². The monoisotopic (exact) mass is 1200 g/mol. The summed E-state index contributed by atoms with van der Waals surface area (Å²) in [7, 11) is 0. The van der Waals surface area contributed by atoms with Crippen LogP contribution in [0.25, 0.3) is 0 Å². The van der Waals surface area contributed by atoms with E-state index in [1.165, 1.54) is 12.1 Å². The highest BCUT2D eigenvalue weighted by Gasteiger charge is 2.58. The second-order valence-corrected chi connectivity index (χ2v) is 20.3. The number of hydrogen-bond donors (Lipinski definition) is 1. The van der Waals surface area contributed by atoms with Gasteiger partial charge in [-0.15, -0.1) is 0 Å². The standard InChI is InChI=1S/C62H69NO23/c1-37(64)73-35-48-51(69)54(58(79-40(4)67)62(82-48)85-53-50(36-74-38(2)65)84-61(59(80-41(5)68)56(53)78-39(3)66)81-47-28-26-46(27-29-47)63(70)71)86-60-57(77-33-45-24-16-9-17-25-45)55(76-32-44-22-14-8-15-23-44)52(75-31-43-20-12-7-13-21-43)49(83-60)34-72-30-42-18-10-6-11-19-42/h6-29,48-62,69H,30-36H2,1-5H3/t48-,49-,50-,51+,52+,53-,54+,55+,56+,57-,58-,59-,60-,61-,62+/m1/s1. The van der Waals surface area contributed by atoms with Gasteiger partial charge in [0.05, 0.1) is 38.0 Å². The second kappa shape index (κ2) is 31.6. The van der Waals surface area contributed by atoms with Gasteiger partial charge in [-0.3, -0.25) is 34.1 Å². The van der Waals surface area contributed by atoms with Crippen molar-refractivity contribution in [2.45, 2.75) is 153 Å². The number of benzene rings is 5. The molecule has 0 spiro atoms. The van der Waals surface area contributed by atoms with E-state index < -0.39 is 140 Å². The number of aliphatic hydroxyl groups excluding tert-OH is 1. The van der Waals surface area contributed by atoms with Crippen LogP contribution in [0.1, 0.15) is 56.9 Å². The molecule has 0 radical (unpaired) electrons. The number of carbonyl (C=O) groups excluding carboxylic acids is 5. The highest BCUT2D eigenvalue weighted by atomic mass is 16.8. The fourth-order valence-corrected chi connectivity index (χ4v) is 9.87. The lowest BCUT2D eigenvalue weighted by Gasteiger charge is -2.50. The van der Waals surface area contributed by atoms with E-state index in [9.17, 15) is 39.2 Å². The molecule has 24 heteroatoms. The lowest BCUT2D eigenvalue weighted by molar-refractivity contribution is -0.385. The van der Waals surface area contributed by atoms with Gasteiger partial charge in [-0.1, -0.05) is 121 Å². The number of carbonyl (C=O) groups is 5. The van der Waals surface area contributed by atoms with Crippen LogP contribution in [0.4, 0.5) is 5.69 Å². The molecule has 0 unspecified atom stereocenters. The number of rotatable bonds is 27. The van der Waals surface area contributed by atoms with Crippen LogP contribution in [0.3, 0.4) is 0 Å². The molecule has 0 saturated carbocycles. The fraction of sp³-hybridized carbons (Fsp3) is 0.435. The van der Waals surface area contributed by atoms with E-state index in [1.54, 1.807) is 0 Å². The Kier molecular flexibility index (Phi) is 23.6. The van der Waals surface area contributed by atoms with Crippen molar-refractivity contribution in [2.24, 2.45) is 0 Å². The Labute approximate surface area is 495 Å². The Morgan fingerprint density at radius 1 is 0.430 bits per heavy atom. The lowest BCUT2D eigenvalue weighted by atomic mass is 9.95. The first-order chi connectivity index (χ1) is 41.5. The average Bonchev–Trinajstić information content (AvgIpc) is 1.24. The van der Waals surface area contributed by atoms with Gasteiger partial charge >= 0.3 is 29.8 Å². The number of esters is 5. The van der Waals surface area contributed by atoms with Gasteiger partial charge in [-0.25, -0.2) is 0 Å². The minimum atomic E-state index is -1.94. The van der Waals surface area contributed by atoms with Crippen LogP contribution < -0.4 is 4.74 Å². The molecule has 24 nitrogen and oxygen atoms in total. The molecular weight excluding hydrogens is 1130 g/mol. The van der Waals surface area contributed by atoms with Crippen molar-refractivity contribution in [1.29, 1.82) is 0 Å². The SMILES string of the molecule is CC(=O)OC[C@H]1O[C@@H](O[C@H]2[C@H](OC(C)=O)[C@@H](OC(C)=O)[C@H](Oc3ccc([N+](=O)[O-])cc3)O[C@@H]2COC(C)=O)[C@H](OC(C)=O)[C@@H](O[C@H]2O[C@H](COCc3ccccc3)[C@H](OCc3ccccc3)[C@H](OCc3ccccc3)[C@H]2OCc2ccccc2)[C@H]1O. The fourth-order valence-electron chi connectivity index (χ4n) is 9.87. The molecule has 460 valence electrons. The summed E-state index contributed by atoms with van der Waals surface area (Å²) in [5, 5.41) is 24.1. The Hall–Kier alpha value is -7.75. The third-order valence-electron chi connectivity index (χ3n) is 13.7. The van der Waals surface area contributed by atoms with Crippen LogP contribution in [0.5, 0.6) is 5.75 Å². The molecule has 3 aliphatic rings. The summed E-state index contributed by atoms with van der Waals surface area (Å²) in [5.74, 6) is -4.41. The molecule has 0 aliphatic carbocycles. The van der Waals surface area contributed by atoms with Crippen molar-refractivity contribution in [3.05, 3.63) is 178 Å². The molecule has 1 N–H and O–H groups in total. The third kappa shape index (κ3) is 18.4. The quantitative estimate of drug-likeness (QED) is 0.0266. The average molecular weight is 1200 g/mol. The maximum Gasteiger partial charge on any atom is 0.303 e. The van der Waals surface area contributed by atoms with Crippen molar-refractivity contribution in [3.63, 3.8) is 0 Å². The van der Waals surface area contributed by atoms with Crippen LogP contribution in [0.2, 0.25) is 0 Å². The van der Waals surface area contributed by atoms with E-state index >= 15 is 0 Å². The van der Waals surface area contributed by atoms with Crippen molar-refractivity contribution < 1.29 is 105 Å². The number of nitro benzene ring substituents is 1. The van der Waals surface area contributed by atoms with Gasteiger partial charge in [0.1, 0.15) is 73.9 Å². The van der Waals surface area contributed by atoms with Crippen LogP contribution >= 0.6 is 0 Å². The normalized spacial score (nSPS) is 27.2. The molecule has 5 aromatic rings. The highest BCUT2D eigenvalue weighted by molar-refractivity contribution is 5.68. The Morgan fingerprint density at radius 2 is 0.826 bits per heavy atom. The van der Waals surface area contributed by atoms with Crippen molar-refractivity contribution >= 4 is 35.5 Å². The Morgan fingerprint density at radius 3 is 1.31 bits per heavy atom. The minimum Gasteiger partial charge on any atom is -0.463 e. The lowest BCUT2D eigenvalue weighted by Crippen LogP contribution is -2.68. The second-order valence-electron chi connectivity index (χ2n) is 20.3. The number of hydrogen-bond acceptors (Lipinski definition) is 23. The summed E-state index contributed by atoms with van der Waals surface area (Å²) >= 11 is 0. The Balaban J connectivity index is 1.21. The maximum absolute atomic E-state index is 13.5. The van der Waals surface area contributed by atoms with Gasteiger partial charge in [0.15, 0.2) is 24.8 Å². The molecular formula is C62H69NO23. The van der Waals surface area contributed by atoms with E-state index in [2.05, 4.69) is 0 Å². The van der Waals surface area contributed by atoms with Gasteiger partial charge in [-0.2, -0.15) is 0 Å². The summed E-state index contributed by atoms with van der Waals surface area (Å²) in [6, 6.07) is 42.3. The van der Waals surface area contributed by atoms with Gasteiger partial charge in [0.25, 0.3) is 5.69 Å². The molecule has 0 bridgehead atoms. The third-order valence-corrected chi connectivity index (χ3v) is 13.7. The van der Waals surface area contributed by atoms with Crippen molar-refractivity contribution in [3.8, 4) is 5.75 Å². The zero-order valence-corrected chi connectivity index (χ0v) is 47.8. The number of aliphatic hydroxyl groups is 1. The van der Waals surface area contributed by atoms with Gasteiger partial charge < -0.3 is 76.2 Å². The molecule has 86 heavy (non-hydrogen) atoms. The molecule has 5 aromatic carbocycles. The van der Waals surface area contributed by atoms with Gasteiger partial charge in [0.2, 0.25) is 12.4 Å². The van der Waals surface area contributed by atoms with Gasteiger partial charge in [-0.05, 0) is 34.4 Å². The Bertz CT molecular complexity index is 2960. The zero-order valence-electron chi connectivity index (χ0n) is 47.8. The molecule has 8 rings (SSSR count). The van der Waals surface area contributed by atoms with E-state index in [1.807, 2.05) is 121 Å². The summed E-state index contributed by atoms with van der Waals surface area (Å²) < 4.78 is 95.0. The number of ether oxygens (including phenoxy) is 15. The number of non-ortho nitro benzene ring substituents is 1. The van der Waals surface area contributed by atoms with Crippen LogP contribution in [-0.2, 0) is 117 Å². The first kappa shape index (κ1) is 64.3. The number of nitrogens with zero attached hydrogens (tertiary/aromatic N) is 1. The molecule has 3 heterocycles. The smallest absolute Gasteiger partial charge is 0.303 e. The number of nitro groups is 1. The van der Waals surface area contributed by atoms with E-state index in [0.29, 0.717) is 0 Å². The predicted molar refractivity (Wildman–Crippen MR) is 297 cm³/mol. The summed E-state index contributed by atoms with van der Waals surface area (Å²) in [4.78, 5) is 75.5. The predicted octanol–water partition coefficient (Wildman–Crippen LogP) is 6.17. The molecule has 3 aliphatic heterocycles. The van der Waals surface area contributed by atoms with Crippen molar-refractivity contribution in [2.75, 3.05) is 19.8 Å². The maximum atomic E-state index is 13.5. The van der Waals surface area contributed by atoms with E-state index in [0.717, 1.165) is 69.0 Å².